The summed E-state index contributed by atoms with van der Waals surface area (Å²) in [4.78, 5) is 11.0. The van der Waals surface area contributed by atoms with Gasteiger partial charge in [-0.2, -0.15) is 11.8 Å². The Morgan fingerprint density at radius 3 is 3.00 bits per heavy atom. The lowest BCUT2D eigenvalue weighted by Gasteiger charge is -2.00. The van der Waals surface area contributed by atoms with Crippen molar-refractivity contribution in [3.63, 3.8) is 0 Å². The molecule has 2 unspecified atom stereocenters. The van der Waals surface area contributed by atoms with Gasteiger partial charge < -0.3 is 4.74 Å². The molecule has 0 saturated carbocycles. The molecule has 1 saturated heterocycles. The molecule has 1 aliphatic heterocycles. The smallest absolute Gasteiger partial charge is 0.330 e. The van der Waals surface area contributed by atoms with Gasteiger partial charge in [-0.25, -0.2) is 4.79 Å². The Labute approximate surface area is 83.7 Å². The van der Waals surface area contributed by atoms with Crippen LogP contribution in [0.5, 0.6) is 0 Å². The summed E-state index contributed by atoms with van der Waals surface area (Å²) in [5.41, 5.74) is 0. The third kappa shape index (κ3) is 3.85. The second-order valence-corrected chi connectivity index (χ2v) is 4.72. The number of carbonyl (C=O) groups is 1. The predicted octanol–water partition coefficient (Wildman–Crippen LogP) is 2.25. The van der Waals surface area contributed by atoms with E-state index < -0.39 is 0 Å². The fourth-order valence-corrected chi connectivity index (χ4v) is 2.60. The zero-order valence-corrected chi connectivity index (χ0v) is 8.97. The van der Waals surface area contributed by atoms with E-state index in [2.05, 4.69) is 6.92 Å². The largest absolute Gasteiger partial charge is 0.463 e. The van der Waals surface area contributed by atoms with Crippen LogP contribution in [0.15, 0.2) is 12.2 Å². The molecule has 2 atom stereocenters. The van der Waals surface area contributed by atoms with Crippen LogP contribution in [-0.2, 0) is 9.53 Å². The average Bonchev–Trinajstić information content (AvgIpc) is 2.49. The highest BCUT2D eigenvalue weighted by Gasteiger charge is 2.19. The van der Waals surface area contributed by atoms with Gasteiger partial charge in [0.1, 0.15) is 0 Å². The molecular formula is C10H16O2S. The highest BCUT2D eigenvalue weighted by molar-refractivity contribution is 8.00. The topological polar surface area (TPSA) is 26.3 Å². The third-order valence-electron chi connectivity index (χ3n) is 2.02. The van der Waals surface area contributed by atoms with Crippen molar-refractivity contribution in [2.75, 3.05) is 12.4 Å². The Hall–Kier alpha value is -0.440. The molecule has 0 bridgehead atoms. The maximum atomic E-state index is 11.0. The van der Waals surface area contributed by atoms with Crippen molar-refractivity contribution in [1.29, 1.82) is 0 Å². The van der Waals surface area contributed by atoms with E-state index in [0.29, 0.717) is 12.5 Å². The Morgan fingerprint density at radius 2 is 2.46 bits per heavy atom. The van der Waals surface area contributed by atoms with Crippen molar-refractivity contribution in [2.45, 2.75) is 25.5 Å². The summed E-state index contributed by atoms with van der Waals surface area (Å²) < 4.78 is 4.80. The van der Waals surface area contributed by atoms with Crippen LogP contribution in [-0.4, -0.2) is 23.6 Å². The van der Waals surface area contributed by atoms with E-state index in [4.69, 9.17) is 4.74 Å². The minimum atomic E-state index is -0.216. The molecule has 0 radical (unpaired) electrons. The predicted molar refractivity (Wildman–Crippen MR) is 55.8 cm³/mol. The second kappa shape index (κ2) is 5.32. The second-order valence-electron chi connectivity index (χ2n) is 3.25. The van der Waals surface area contributed by atoms with Gasteiger partial charge in [0.05, 0.1) is 6.61 Å². The van der Waals surface area contributed by atoms with Gasteiger partial charge >= 0.3 is 5.97 Å². The Balaban J connectivity index is 2.27. The third-order valence-corrected chi connectivity index (χ3v) is 3.40. The molecule has 1 aliphatic rings. The molecule has 3 heteroatoms. The summed E-state index contributed by atoms with van der Waals surface area (Å²) in [6.07, 6.45) is 4.72. The molecule has 1 rings (SSSR count). The van der Waals surface area contributed by atoms with Gasteiger partial charge in [-0.05, 0) is 25.0 Å². The minimum Gasteiger partial charge on any atom is -0.463 e. The summed E-state index contributed by atoms with van der Waals surface area (Å²) in [5, 5.41) is 0.733. The SMILES string of the molecule is CCOC(=O)/C=C/C1CSC(C)C1. The lowest BCUT2D eigenvalue weighted by atomic mass is 10.1. The summed E-state index contributed by atoms with van der Waals surface area (Å²) in [6, 6.07) is 0. The van der Waals surface area contributed by atoms with Crippen LogP contribution in [0.3, 0.4) is 0 Å². The summed E-state index contributed by atoms with van der Waals surface area (Å²) in [5.74, 6) is 1.48. The lowest BCUT2D eigenvalue weighted by Crippen LogP contribution is -2.01. The highest BCUT2D eigenvalue weighted by Crippen LogP contribution is 2.31. The molecule has 0 aliphatic carbocycles. The molecule has 0 spiro atoms. The van der Waals surface area contributed by atoms with Crippen LogP contribution < -0.4 is 0 Å². The number of esters is 1. The molecule has 2 nitrogen and oxygen atoms in total. The van der Waals surface area contributed by atoms with Crippen LogP contribution in [0.1, 0.15) is 20.3 Å². The number of rotatable bonds is 3. The minimum absolute atomic E-state index is 0.216. The summed E-state index contributed by atoms with van der Waals surface area (Å²) in [6.45, 7) is 4.50. The standard InChI is InChI=1S/C10H16O2S/c1-3-12-10(11)5-4-9-6-8(2)13-7-9/h4-5,8-9H,3,6-7H2,1-2H3/b5-4+. The van der Waals surface area contributed by atoms with E-state index in [1.807, 2.05) is 24.8 Å². The number of carbonyl (C=O) groups excluding carboxylic acids is 1. The van der Waals surface area contributed by atoms with Gasteiger partial charge in [0.2, 0.25) is 0 Å². The van der Waals surface area contributed by atoms with Crippen LogP contribution >= 0.6 is 11.8 Å². The van der Waals surface area contributed by atoms with Gasteiger partial charge in [0, 0.05) is 11.3 Å². The normalized spacial score (nSPS) is 28.2. The van der Waals surface area contributed by atoms with Gasteiger partial charge in [0.25, 0.3) is 0 Å². The molecule has 0 aromatic heterocycles. The molecule has 74 valence electrons. The Bertz CT molecular complexity index is 201. The van der Waals surface area contributed by atoms with Crippen LogP contribution in [0.4, 0.5) is 0 Å². The molecule has 13 heavy (non-hydrogen) atoms. The first kappa shape index (κ1) is 10.6. The fraction of sp³-hybridized carbons (Fsp3) is 0.700. The van der Waals surface area contributed by atoms with Crippen LogP contribution in [0.2, 0.25) is 0 Å². The fourth-order valence-electron chi connectivity index (χ4n) is 1.39. The number of thioether (sulfide) groups is 1. The maximum absolute atomic E-state index is 11.0. The van der Waals surface area contributed by atoms with E-state index in [9.17, 15) is 4.79 Å². The van der Waals surface area contributed by atoms with Crippen molar-refractivity contribution < 1.29 is 9.53 Å². The van der Waals surface area contributed by atoms with Gasteiger partial charge in [-0.15, -0.1) is 0 Å². The van der Waals surface area contributed by atoms with Crippen molar-refractivity contribution in [2.24, 2.45) is 5.92 Å². The van der Waals surface area contributed by atoms with E-state index in [1.54, 1.807) is 6.08 Å². The first-order chi connectivity index (χ1) is 6.22. The monoisotopic (exact) mass is 200 g/mol. The quantitative estimate of drug-likeness (QED) is 0.516. The molecule has 0 aromatic rings. The molecule has 0 N–H and O–H groups in total. The van der Waals surface area contributed by atoms with Crippen LogP contribution in [0.25, 0.3) is 0 Å². The first-order valence-electron chi connectivity index (χ1n) is 4.69. The van der Waals surface area contributed by atoms with Crippen molar-refractivity contribution in [1.82, 2.24) is 0 Å². The number of allylic oxidation sites excluding steroid dienone is 1. The zero-order valence-electron chi connectivity index (χ0n) is 8.16. The highest BCUT2D eigenvalue weighted by atomic mass is 32.2. The van der Waals surface area contributed by atoms with E-state index in [0.717, 1.165) is 11.0 Å². The molecule has 0 aromatic carbocycles. The summed E-state index contributed by atoms with van der Waals surface area (Å²) >= 11 is 1.97. The van der Waals surface area contributed by atoms with Crippen molar-refractivity contribution in [3.05, 3.63) is 12.2 Å². The molecular weight excluding hydrogens is 184 g/mol. The van der Waals surface area contributed by atoms with Crippen molar-refractivity contribution >= 4 is 17.7 Å². The van der Waals surface area contributed by atoms with Gasteiger partial charge in [-0.1, -0.05) is 13.0 Å². The van der Waals surface area contributed by atoms with Gasteiger partial charge in [0.15, 0.2) is 0 Å². The number of hydrogen-bond acceptors (Lipinski definition) is 3. The zero-order chi connectivity index (χ0) is 9.68. The summed E-state index contributed by atoms with van der Waals surface area (Å²) in [7, 11) is 0. The Morgan fingerprint density at radius 1 is 1.69 bits per heavy atom. The number of hydrogen-bond donors (Lipinski definition) is 0. The van der Waals surface area contributed by atoms with E-state index in [-0.39, 0.29) is 5.97 Å². The lowest BCUT2D eigenvalue weighted by molar-refractivity contribution is -0.137. The molecule has 0 amide bonds. The maximum Gasteiger partial charge on any atom is 0.330 e. The van der Waals surface area contributed by atoms with Gasteiger partial charge in [-0.3, -0.25) is 0 Å². The van der Waals surface area contributed by atoms with E-state index in [1.165, 1.54) is 6.42 Å². The van der Waals surface area contributed by atoms with Crippen LogP contribution in [0, 0.1) is 5.92 Å². The molecule has 1 heterocycles. The Kier molecular flexibility index (Phi) is 4.36. The first-order valence-corrected chi connectivity index (χ1v) is 5.73. The van der Waals surface area contributed by atoms with Crippen molar-refractivity contribution in [3.8, 4) is 0 Å². The average molecular weight is 200 g/mol. The molecule has 1 fully saturated rings. The van der Waals surface area contributed by atoms with E-state index >= 15 is 0 Å². The number of ether oxygens (including phenoxy) is 1.